The van der Waals surface area contributed by atoms with Gasteiger partial charge < -0.3 is 0 Å². The van der Waals surface area contributed by atoms with Gasteiger partial charge >= 0.3 is 0 Å². The van der Waals surface area contributed by atoms with Crippen molar-refractivity contribution in [3.63, 3.8) is 0 Å². The third-order valence-corrected chi connectivity index (χ3v) is 3.99. The van der Waals surface area contributed by atoms with E-state index in [1.165, 1.54) is 0 Å². The van der Waals surface area contributed by atoms with Gasteiger partial charge in [0.05, 0.1) is 11.6 Å². The maximum atomic E-state index is 4.47. The lowest BCUT2D eigenvalue weighted by atomic mass is 10.2. The fourth-order valence-electron chi connectivity index (χ4n) is 2.86. The van der Waals surface area contributed by atoms with Crippen LogP contribution in [-0.4, -0.2) is 27.6 Å². The first-order chi connectivity index (χ1) is 10.9. The van der Waals surface area contributed by atoms with Gasteiger partial charge in [-0.2, -0.15) is 0 Å². The van der Waals surface area contributed by atoms with Crippen LogP contribution < -0.4 is 5.01 Å². The molecule has 4 rings (SSSR count). The Morgan fingerprint density at radius 2 is 1.77 bits per heavy atom. The minimum absolute atomic E-state index is 0.584. The summed E-state index contributed by atoms with van der Waals surface area (Å²) in [6.45, 7) is 0.976. The number of anilines is 1. The number of hydrogen-bond donors (Lipinski definition) is 0. The molecule has 0 spiro atoms. The molecule has 0 N–H and O–H groups in total. The van der Waals surface area contributed by atoms with Crippen LogP contribution in [0.25, 0.3) is 0 Å². The van der Waals surface area contributed by atoms with Crippen LogP contribution in [0.5, 0.6) is 0 Å². The predicted octanol–water partition coefficient (Wildman–Crippen LogP) is 2.59. The van der Waals surface area contributed by atoms with E-state index in [0.717, 1.165) is 36.5 Å². The first kappa shape index (κ1) is 12.9. The fourth-order valence-corrected chi connectivity index (χ4v) is 2.86. The zero-order valence-corrected chi connectivity index (χ0v) is 12.2. The van der Waals surface area contributed by atoms with Crippen molar-refractivity contribution >= 4 is 5.95 Å². The number of hydrogen-bond acceptors (Lipinski definition) is 4. The van der Waals surface area contributed by atoms with Crippen molar-refractivity contribution in [2.45, 2.75) is 18.9 Å². The zero-order valence-electron chi connectivity index (χ0n) is 12.2. The first-order valence-electron chi connectivity index (χ1n) is 7.52. The van der Waals surface area contributed by atoms with Crippen molar-refractivity contribution in [2.24, 2.45) is 0 Å². The Hall–Kier alpha value is -2.80. The van der Waals surface area contributed by atoms with Gasteiger partial charge in [-0.25, -0.2) is 9.97 Å². The summed E-state index contributed by atoms with van der Waals surface area (Å²) in [5.74, 6) is 6.98. The van der Waals surface area contributed by atoms with E-state index in [9.17, 15) is 0 Å². The average molecular weight is 288 g/mol. The van der Waals surface area contributed by atoms with Crippen LogP contribution in [0.4, 0.5) is 5.95 Å². The van der Waals surface area contributed by atoms with E-state index in [1.807, 2.05) is 30.3 Å². The number of benzene rings is 1. The van der Waals surface area contributed by atoms with Crippen molar-refractivity contribution < 1.29 is 0 Å². The molecule has 2 aliphatic rings. The molecule has 1 unspecified atom stereocenters. The summed E-state index contributed by atoms with van der Waals surface area (Å²) in [5.41, 5.74) is 1.83. The highest BCUT2D eigenvalue weighted by Crippen LogP contribution is 2.29. The van der Waals surface area contributed by atoms with Crippen LogP contribution in [0.2, 0.25) is 0 Å². The van der Waals surface area contributed by atoms with Gasteiger partial charge in [-0.15, -0.1) is 0 Å². The summed E-state index contributed by atoms with van der Waals surface area (Å²) in [5, 5.41) is 4.38. The quantitative estimate of drug-likeness (QED) is 0.755. The number of rotatable bonds is 1. The topological polar surface area (TPSA) is 32.3 Å². The zero-order chi connectivity index (χ0) is 14.8. The molecule has 4 nitrogen and oxygen atoms in total. The lowest BCUT2D eigenvalue weighted by Crippen LogP contribution is -2.35. The molecule has 0 bridgehead atoms. The van der Waals surface area contributed by atoms with Gasteiger partial charge in [0.25, 0.3) is 0 Å². The summed E-state index contributed by atoms with van der Waals surface area (Å²) >= 11 is 0. The highest BCUT2D eigenvalue weighted by Gasteiger charge is 2.32. The lowest BCUT2D eigenvalue weighted by molar-refractivity contribution is 0.347. The summed E-state index contributed by atoms with van der Waals surface area (Å²) in [7, 11) is 0. The highest BCUT2D eigenvalue weighted by atomic mass is 15.7. The molecule has 2 aromatic rings. The van der Waals surface area contributed by atoms with E-state index in [2.05, 4.69) is 44.1 Å². The average Bonchev–Trinajstić information content (AvgIpc) is 3.18. The molecular weight excluding hydrogens is 272 g/mol. The Morgan fingerprint density at radius 3 is 2.59 bits per heavy atom. The van der Waals surface area contributed by atoms with Gasteiger partial charge in [0.15, 0.2) is 0 Å². The van der Waals surface area contributed by atoms with Crippen LogP contribution in [0.1, 0.15) is 24.0 Å². The summed E-state index contributed by atoms with van der Waals surface area (Å²) < 4.78 is 0. The van der Waals surface area contributed by atoms with E-state index in [1.54, 1.807) is 12.4 Å². The predicted molar refractivity (Wildman–Crippen MR) is 85.8 cm³/mol. The molecule has 0 saturated carbocycles. The Labute approximate surface area is 130 Å². The molecule has 0 amide bonds. The van der Waals surface area contributed by atoms with E-state index in [-0.39, 0.29) is 0 Å². The van der Waals surface area contributed by atoms with Crippen LogP contribution in [-0.2, 0) is 0 Å². The molecule has 0 aliphatic carbocycles. The highest BCUT2D eigenvalue weighted by molar-refractivity contribution is 5.42. The van der Waals surface area contributed by atoms with E-state index in [0.29, 0.717) is 6.04 Å². The Balaban J connectivity index is 1.52. The second-order valence-electron chi connectivity index (χ2n) is 5.45. The summed E-state index contributed by atoms with van der Waals surface area (Å²) in [6.07, 6.45) is 10.2. The second-order valence-corrected chi connectivity index (χ2v) is 5.45. The number of nitrogens with zero attached hydrogens (tertiary/aromatic N) is 4. The molecule has 2 aliphatic heterocycles. The number of aromatic nitrogens is 2. The molecule has 4 heteroatoms. The van der Waals surface area contributed by atoms with Gasteiger partial charge in [-0.3, -0.25) is 10.0 Å². The molecule has 3 heterocycles. The second kappa shape index (κ2) is 5.53. The smallest absolute Gasteiger partial charge is 0.244 e. The molecule has 1 fully saturated rings. The monoisotopic (exact) mass is 288 g/mol. The number of hydrazine groups is 1. The van der Waals surface area contributed by atoms with E-state index < -0.39 is 0 Å². The van der Waals surface area contributed by atoms with Crippen molar-refractivity contribution in [3.05, 3.63) is 66.1 Å². The van der Waals surface area contributed by atoms with Crippen LogP contribution in [0.3, 0.4) is 0 Å². The largest absolute Gasteiger partial charge is 0.287 e. The molecule has 22 heavy (non-hydrogen) atoms. The Bertz CT molecular complexity index is 740. The molecule has 1 saturated heterocycles. The lowest BCUT2D eigenvalue weighted by Gasteiger charge is -2.27. The molecule has 108 valence electrons. The van der Waals surface area contributed by atoms with Gasteiger partial charge in [-0.05, 0) is 25.0 Å². The minimum Gasteiger partial charge on any atom is -0.287 e. The van der Waals surface area contributed by atoms with Gasteiger partial charge in [0.1, 0.15) is 0 Å². The van der Waals surface area contributed by atoms with Gasteiger partial charge in [-0.1, -0.05) is 36.1 Å². The van der Waals surface area contributed by atoms with Crippen LogP contribution >= 0.6 is 0 Å². The number of fused-ring (bicyclic) bond motifs is 1. The minimum atomic E-state index is 0.584. The molecule has 1 aromatic carbocycles. The third-order valence-electron chi connectivity index (χ3n) is 3.99. The maximum absolute atomic E-state index is 4.47. The summed E-state index contributed by atoms with van der Waals surface area (Å²) in [4.78, 5) is 8.94. The van der Waals surface area contributed by atoms with Crippen LogP contribution in [0, 0.1) is 11.8 Å². The van der Waals surface area contributed by atoms with Crippen molar-refractivity contribution in [1.82, 2.24) is 15.0 Å². The van der Waals surface area contributed by atoms with Gasteiger partial charge in [0, 0.05) is 30.7 Å². The standard InChI is InChI=1S/C18H16N4/c1-2-5-15(6-3-1)8-9-16-13-19-18(20-14-16)22-12-10-17-7-4-11-21(17)22/h1-6,11,13-14,17H,7,10,12H2. The van der Waals surface area contributed by atoms with E-state index >= 15 is 0 Å². The first-order valence-corrected chi connectivity index (χ1v) is 7.52. The fraction of sp³-hybridized carbons (Fsp3) is 0.222. The van der Waals surface area contributed by atoms with Crippen molar-refractivity contribution in [3.8, 4) is 11.8 Å². The Morgan fingerprint density at radius 1 is 1.00 bits per heavy atom. The van der Waals surface area contributed by atoms with Crippen molar-refractivity contribution in [2.75, 3.05) is 11.6 Å². The van der Waals surface area contributed by atoms with Crippen LogP contribution in [0.15, 0.2) is 55.0 Å². The van der Waals surface area contributed by atoms with Crippen molar-refractivity contribution in [1.29, 1.82) is 0 Å². The van der Waals surface area contributed by atoms with Gasteiger partial charge in [0.2, 0.25) is 5.95 Å². The summed E-state index contributed by atoms with van der Waals surface area (Å²) in [6, 6.07) is 10.5. The Kier molecular flexibility index (Phi) is 3.24. The third kappa shape index (κ3) is 2.42. The normalized spacial score (nSPS) is 19.0. The maximum Gasteiger partial charge on any atom is 0.244 e. The molecule has 1 atom stereocenters. The molecular formula is C18H16N4. The van der Waals surface area contributed by atoms with E-state index in [4.69, 9.17) is 0 Å². The SMILES string of the molecule is C(#Cc1cnc(N2CCC3CC=CN32)nc1)c1ccccc1. The molecule has 0 radical (unpaired) electrons. The molecule has 1 aromatic heterocycles.